The van der Waals surface area contributed by atoms with Crippen LogP contribution in [0.3, 0.4) is 0 Å². The fourth-order valence-electron chi connectivity index (χ4n) is 3.89. The minimum Gasteiger partial charge on any atom is -0.487 e. The summed E-state index contributed by atoms with van der Waals surface area (Å²) in [6.45, 7) is 4.84. The summed E-state index contributed by atoms with van der Waals surface area (Å²) in [6.07, 6.45) is 6.37. The zero-order valence-electron chi connectivity index (χ0n) is 16.7. The molecule has 0 N–H and O–H groups in total. The number of hydrogen-bond acceptors (Lipinski definition) is 5. The minimum absolute atomic E-state index is 0.00108. The first-order valence-electron chi connectivity index (χ1n) is 10.0. The van der Waals surface area contributed by atoms with E-state index in [0.717, 1.165) is 48.4 Å². The van der Waals surface area contributed by atoms with Crippen molar-refractivity contribution in [2.75, 3.05) is 6.54 Å². The zero-order valence-corrected chi connectivity index (χ0v) is 17.6. The van der Waals surface area contributed by atoms with E-state index in [0.29, 0.717) is 5.01 Å². The van der Waals surface area contributed by atoms with E-state index < -0.39 is 0 Å². The molecule has 4 rings (SSSR count). The standard InChI is InChI=1S/C23H25N3O2S/c1-16-8-3-4-10-19(16)20-15-29-22(25-20)23(27)26-13-6-5-11-21(26)17(2)28-18-9-7-12-24-14-18/h3-4,7-10,12,14-15,17,21H,5-6,11,13H2,1-2H3. The highest BCUT2D eigenvalue weighted by Gasteiger charge is 2.33. The molecule has 2 atom stereocenters. The maximum absolute atomic E-state index is 13.3. The second kappa shape index (κ2) is 8.74. The maximum atomic E-state index is 13.3. The van der Waals surface area contributed by atoms with Gasteiger partial charge in [-0.15, -0.1) is 11.3 Å². The van der Waals surface area contributed by atoms with Crippen molar-refractivity contribution >= 4 is 17.2 Å². The number of nitrogens with zero attached hydrogens (tertiary/aromatic N) is 3. The van der Waals surface area contributed by atoms with Gasteiger partial charge in [0.05, 0.1) is 17.9 Å². The van der Waals surface area contributed by atoms with Gasteiger partial charge in [-0.05, 0) is 50.8 Å². The Labute approximate surface area is 175 Å². The largest absolute Gasteiger partial charge is 0.487 e. The molecule has 1 amide bonds. The van der Waals surface area contributed by atoms with Gasteiger partial charge >= 0.3 is 0 Å². The molecule has 0 bridgehead atoms. The zero-order chi connectivity index (χ0) is 20.2. The van der Waals surface area contributed by atoms with Crippen molar-refractivity contribution < 1.29 is 9.53 Å². The summed E-state index contributed by atoms with van der Waals surface area (Å²) in [5, 5.41) is 2.52. The van der Waals surface area contributed by atoms with Crippen LogP contribution in [-0.4, -0.2) is 39.5 Å². The van der Waals surface area contributed by atoms with Gasteiger partial charge < -0.3 is 9.64 Å². The lowest BCUT2D eigenvalue weighted by Gasteiger charge is -2.38. The number of pyridine rings is 1. The molecule has 2 aromatic heterocycles. The number of amides is 1. The van der Waals surface area contributed by atoms with E-state index in [1.165, 1.54) is 11.3 Å². The van der Waals surface area contributed by atoms with Crippen LogP contribution in [-0.2, 0) is 0 Å². The molecule has 0 saturated carbocycles. The third-order valence-corrected chi connectivity index (χ3v) is 6.25. The first-order valence-corrected chi connectivity index (χ1v) is 10.9. The summed E-state index contributed by atoms with van der Waals surface area (Å²) < 4.78 is 6.09. The van der Waals surface area contributed by atoms with Crippen molar-refractivity contribution in [3.8, 4) is 17.0 Å². The number of ether oxygens (including phenoxy) is 1. The molecule has 1 aromatic carbocycles. The average molecular weight is 408 g/mol. The van der Waals surface area contributed by atoms with E-state index in [9.17, 15) is 4.79 Å². The molecule has 2 unspecified atom stereocenters. The van der Waals surface area contributed by atoms with Gasteiger partial charge in [-0.25, -0.2) is 4.98 Å². The van der Waals surface area contributed by atoms with Gasteiger partial charge in [-0.1, -0.05) is 24.3 Å². The molecular weight excluding hydrogens is 382 g/mol. The maximum Gasteiger partial charge on any atom is 0.283 e. The van der Waals surface area contributed by atoms with Crippen LogP contribution in [0.15, 0.2) is 54.2 Å². The lowest BCUT2D eigenvalue weighted by Crippen LogP contribution is -2.50. The predicted octanol–water partition coefficient (Wildman–Crippen LogP) is 4.98. The van der Waals surface area contributed by atoms with Crippen LogP contribution in [0.1, 0.15) is 41.6 Å². The van der Waals surface area contributed by atoms with Crippen molar-refractivity contribution in [1.82, 2.24) is 14.9 Å². The lowest BCUT2D eigenvalue weighted by atomic mass is 9.98. The van der Waals surface area contributed by atoms with E-state index >= 15 is 0 Å². The van der Waals surface area contributed by atoms with Crippen molar-refractivity contribution in [1.29, 1.82) is 0 Å². The molecule has 3 aromatic rings. The molecule has 29 heavy (non-hydrogen) atoms. The molecular formula is C23H25N3O2S. The highest BCUT2D eigenvalue weighted by atomic mass is 32.1. The molecule has 1 saturated heterocycles. The number of hydrogen-bond donors (Lipinski definition) is 0. The second-order valence-corrected chi connectivity index (χ2v) is 8.28. The molecule has 1 aliphatic rings. The summed E-state index contributed by atoms with van der Waals surface area (Å²) in [4.78, 5) is 24.0. The monoisotopic (exact) mass is 407 g/mol. The first kappa shape index (κ1) is 19.6. The molecule has 1 fully saturated rings. The van der Waals surface area contributed by atoms with Crippen molar-refractivity contribution in [3.63, 3.8) is 0 Å². The number of piperidine rings is 1. The van der Waals surface area contributed by atoms with Gasteiger partial charge in [0.15, 0.2) is 5.01 Å². The van der Waals surface area contributed by atoms with Gasteiger partial charge in [-0.3, -0.25) is 9.78 Å². The van der Waals surface area contributed by atoms with Gasteiger partial charge in [0.2, 0.25) is 0 Å². The summed E-state index contributed by atoms with van der Waals surface area (Å²) in [6, 6.07) is 11.9. The molecule has 6 heteroatoms. The Balaban J connectivity index is 1.53. The number of benzene rings is 1. The molecule has 0 aliphatic carbocycles. The van der Waals surface area contributed by atoms with E-state index in [1.807, 2.05) is 47.5 Å². The SMILES string of the molecule is Cc1ccccc1-c1csc(C(=O)N2CCCCC2C(C)Oc2cccnc2)n1. The Bertz CT molecular complexity index is 973. The quantitative estimate of drug-likeness (QED) is 0.599. The second-order valence-electron chi connectivity index (χ2n) is 7.43. The number of aromatic nitrogens is 2. The third kappa shape index (κ3) is 4.32. The Morgan fingerprint density at radius 2 is 2.10 bits per heavy atom. The Hall–Kier alpha value is -2.73. The van der Waals surface area contributed by atoms with Gasteiger partial charge in [0.1, 0.15) is 11.9 Å². The van der Waals surface area contributed by atoms with E-state index in [2.05, 4.69) is 23.0 Å². The minimum atomic E-state index is -0.112. The summed E-state index contributed by atoms with van der Waals surface area (Å²) in [7, 11) is 0. The molecule has 150 valence electrons. The summed E-state index contributed by atoms with van der Waals surface area (Å²) in [5.41, 5.74) is 3.10. The normalized spacial score (nSPS) is 17.7. The fourth-order valence-corrected chi connectivity index (χ4v) is 4.66. The smallest absolute Gasteiger partial charge is 0.283 e. The number of aryl methyl sites for hydroxylation is 1. The summed E-state index contributed by atoms with van der Waals surface area (Å²) in [5.74, 6) is 0.732. The number of likely N-dealkylation sites (tertiary alicyclic amines) is 1. The topological polar surface area (TPSA) is 55.3 Å². The number of carbonyl (C=O) groups excluding carboxylic acids is 1. The predicted molar refractivity (Wildman–Crippen MR) is 115 cm³/mol. The fraction of sp³-hybridized carbons (Fsp3) is 0.348. The summed E-state index contributed by atoms with van der Waals surface area (Å²) >= 11 is 1.42. The molecule has 5 nitrogen and oxygen atoms in total. The van der Waals surface area contributed by atoms with Crippen molar-refractivity contribution in [2.24, 2.45) is 0 Å². The van der Waals surface area contributed by atoms with Crippen LogP contribution in [0, 0.1) is 6.92 Å². The number of rotatable bonds is 5. The average Bonchev–Trinajstić information content (AvgIpc) is 3.24. The number of thiazole rings is 1. The highest BCUT2D eigenvalue weighted by Crippen LogP contribution is 2.28. The van der Waals surface area contributed by atoms with E-state index in [1.54, 1.807) is 12.4 Å². The van der Waals surface area contributed by atoms with Crippen LogP contribution in [0.2, 0.25) is 0 Å². The van der Waals surface area contributed by atoms with E-state index in [4.69, 9.17) is 4.74 Å². The Kier molecular flexibility index (Phi) is 5.90. The Morgan fingerprint density at radius 1 is 1.24 bits per heavy atom. The molecule has 1 aliphatic heterocycles. The molecule has 3 heterocycles. The highest BCUT2D eigenvalue weighted by molar-refractivity contribution is 7.12. The first-order chi connectivity index (χ1) is 14.1. The number of carbonyl (C=O) groups is 1. The van der Waals surface area contributed by atoms with Crippen LogP contribution >= 0.6 is 11.3 Å². The lowest BCUT2D eigenvalue weighted by molar-refractivity contribution is 0.0352. The Morgan fingerprint density at radius 3 is 2.90 bits per heavy atom. The van der Waals surface area contributed by atoms with Gasteiger partial charge in [0.25, 0.3) is 5.91 Å². The van der Waals surface area contributed by atoms with Crippen molar-refractivity contribution in [3.05, 3.63) is 64.7 Å². The third-order valence-electron chi connectivity index (χ3n) is 5.42. The van der Waals surface area contributed by atoms with Crippen LogP contribution in [0.4, 0.5) is 0 Å². The van der Waals surface area contributed by atoms with Gasteiger partial charge in [0, 0.05) is 23.7 Å². The van der Waals surface area contributed by atoms with E-state index in [-0.39, 0.29) is 18.1 Å². The van der Waals surface area contributed by atoms with Crippen LogP contribution in [0.25, 0.3) is 11.3 Å². The molecule has 0 spiro atoms. The van der Waals surface area contributed by atoms with Crippen molar-refractivity contribution in [2.45, 2.75) is 45.3 Å². The molecule has 0 radical (unpaired) electrons. The van der Waals surface area contributed by atoms with Crippen LogP contribution < -0.4 is 4.74 Å². The van der Waals surface area contributed by atoms with Gasteiger partial charge in [-0.2, -0.15) is 0 Å². The van der Waals surface area contributed by atoms with Crippen LogP contribution in [0.5, 0.6) is 5.75 Å².